The first-order valence-corrected chi connectivity index (χ1v) is 5.77. The van der Waals surface area contributed by atoms with Crippen LogP contribution in [0.5, 0.6) is 0 Å². The molecule has 1 fully saturated rings. The van der Waals surface area contributed by atoms with Crippen molar-refractivity contribution >= 4 is 11.8 Å². The molecular weight excluding hydrogens is 190 g/mol. The maximum atomic E-state index is 11.8. The molecule has 0 saturated carbocycles. The Bertz CT molecular complexity index is 271. The molecule has 1 unspecified atom stereocenters. The summed E-state index contributed by atoms with van der Waals surface area (Å²) in [5, 5.41) is 0. The highest BCUT2D eigenvalue weighted by molar-refractivity contribution is 6.04. The fourth-order valence-corrected chi connectivity index (χ4v) is 2.14. The first-order valence-electron chi connectivity index (χ1n) is 5.77. The second kappa shape index (κ2) is 4.33. The average Bonchev–Trinajstić information content (AvgIpc) is 2.38. The second-order valence-corrected chi connectivity index (χ2v) is 5.09. The van der Waals surface area contributed by atoms with Gasteiger partial charge in [-0.05, 0) is 20.3 Å². The third-order valence-electron chi connectivity index (χ3n) is 3.12. The van der Waals surface area contributed by atoms with E-state index >= 15 is 0 Å². The van der Waals surface area contributed by atoms with Gasteiger partial charge >= 0.3 is 0 Å². The van der Waals surface area contributed by atoms with Gasteiger partial charge in [0.15, 0.2) is 0 Å². The lowest BCUT2D eigenvalue weighted by Crippen LogP contribution is -2.47. The van der Waals surface area contributed by atoms with Gasteiger partial charge in [-0.3, -0.25) is 14.5 Å². The third kappa shape index (κ3) is 2.39. The van der Waals surface area contributed by atoms with Gasteiger partial charge in [-0.15, -0.1) is 0 Å². The minimum atomic E-state index is -0.311. The van der Waals surface area contributed by atoms with Crippen molar-refractivity contribution in [3.63, 3.8) is 0 Å². The second-order valence-electron chi connectivity index (χ2n) is 5.09. The molecule has 0 spiro atoms. The minimum absolute atomic E-state index is 0.00102. The van der Waals surface area contributed by atoms with Gasteiger partial charge in [0.05, 0.1) is 0 Å². The van der Waals surface area contributed by atoms with Gasteiger partial charge in [0.1, 0.15) is 0 Å². The van der Waals surface area contributed by atoms with Gasteiger partial charge in [-0.25, -0.2) is 0 Å². The normalized spacial score (nSPS) is 22.7. The molecule has 2 amide bonds. The van der Waals surface area contributed by atoms with E-state index in [2.05, 4.69) is 6.92 Å². The number of imide groups is 1. The molecule has 3 nitrogen and oxygen atoms in total. The lowest BCUT2D eigenvalue weighted by Gasteiger charge is -2.34. The van der Waals surface area contributed by atoms with Crippen molar-refractivity contribution < 1.29 is 9.59 Å². The van der Waals surface area contributed by atoms with Crippen LogP contribution in [0.3, 0.4) is 0 Å². The maximum absolute atomic E-state index is 11.8. The molecule has 1 aliphatic heterocycles. The van der Waals surface area contributed by atoms with Gasteiger partial charge in [-0.1, -0.05) is 26.7 Å². The molecule has 0 aliphatic carbocycles. The Morgan fingerprint density at radius 1 is 1.40 bits per heavy atom. The summed E-state index contributed by atoms with van der Waals surface area (Å²) in [7, 11) is 0. The zero-order valence-corrected chi connectivity index (χ0v) is 10.2. The summed E-state index contributed by atoms with van der Waals surface area (Å²) in [5.74, 6) is -0.131. The fourth-order valence-electron chi connectivity index (χ4n) is 2.14. The quantitative estimate of drug-likeness (QED) is 0.669. The Labute approximate surface area is 91.8 Å². The molecule has 1 saturated heterocycles. The Hall–Kier alpha value is -0.860. The van der Waals surface area contributed by atoms with E-state index in [1.807, 2.05) is 20.8 Å². The number of likely N-dealkylation sites (tertiary alicyclic amines) is 1. The standard InChI is InChI=1S/C12H21NO2/c1-5-6-7-12(3,4)13-10(14)8-9(2)11(13)15/h9H,5-8H2,1-4H3. The number of unbranched alkanes of at least 4 members (excludes halogenated alkanes) is 1. The van der Waals surface area contributed by atoms with E-state index in [1.54, 1.807) is 0 Å². The molecule has 0 N–H and O–H groups in total. The molecule has 1 atom stereocenters. The van der Waals surface area contributed by atoms with E-state index in [9.17, 15) is 9.59 Å². The van der Waals surface area contributed by atoms with E-state index in [-0.39, 0.29) is 23.3 Å². The number of hydrogen-bond acceptors (Lipinski definition) is 2. The molecular formula is C12H21NO2. The Morgan fingerprint density at radius 3 is 2.40 bits per heavy atom. The SMILES string of the molecule is CCCCC(C)(C)N1C(=O)CC(C)C1=O. The summed E-state index contributed by atoms with van der Waals surface area (Å²) in [5.41, 5.74) is -0.311. The van der Waals surface area contributed by atoms with Gasteiger partial charge < -0.3 is 0 Å². The molecule has 0 aromatic carbocycles. The molecule has 15 heavy (non-hydrogen) atoms. The molecule has 86 valence electrons. The van der Waals surface area contributed by atoms with Crippen LogP contribution in [0.25, 0.3) is 0 Å². The Balaban J connectivity index is 2.77. The number of rotatable bonds is 4. The summed E-state index contributed by atoms with van der Waals surface area (Å²) in [6.45, 7) is 7.91. The fraction of sp³-hybridized carbons (Fsp3) is 0.833. The number of carbonyl (C=O) groups is 2. The summed E-state index contributed by atoms with van der Waals surface area (Å²) in [4.78, 5) is 25.0. The van der Waals surface area contributed by atoms with E-state index < -0.39 is 0 Å². The zero-order chi connectivity index (χ0) is 11.6. The monoisotopic (exact) mass is 211 g/mol. The largest absolute Gasteiger partial charge is 0.277 e. The third-order valence-corrected chi connectivity index (χ3v) is 3.12. The highest BCUT2D eigenvalue weighted by Gasteiger charge is 2.43. The Kier molecular flexibility index (Phi) is 3.53. The highest BCUT2D eigenvalue weighted by atomic mass is 16.2. The molecule has 0 bridgehead atoms. The van der Waals surface area contributed by atoms with Gasteiger partial charge in [-0.2, -0.15) is 0 Å². The first-order chi connectivity index (χ1) is 6.90. The van der Waals surface area contributed by atoms with Crippen LogP contribution in [0.1, 0.15) is 53.4 Å². The summed E-state index contributed by atoms with van der Waals surface area (Å²) < 4.78 is 0. The predicted molar refractivity (Wildman–Crippen MR) is 59.2 cm³/mol. The van der Waals surface area contributed by atoms with E-state index in [1.165, 1.54) is 4.90 Å². The average molecular weight is 211 g/mol. The molecule has 1 heterocycles. The van der Waals surface area contributed by atoms with Gasteiger partial charge in [0.2, 0.25) is 11.8 Å². The topological polar surface area (TPSA) is 37.4 Å². The number of hydrogen-bond donors (Lipinski definition) is 0. The van der Waals surface area contributed by atoms with Crippen LogP contribution in [0.4, 0.5) is 0 Å². The number of carbonyl (C=O) groups excluding carboxylic acids is 2. The van der Waals surface area contributed by atoms with Crippen molar-refractivity contribution in [1.82, 2.24) is 4.90 Å². The van der Waals surface area contributed by atoms with Crippen molar-refractivity contribution in [2.24, 2.45) is 5.92 Å². The van der Waals surface area contributed by atoms with Crippen molar-refractivity contribution in [2.45, 2.75) is 58.9 Å². The lowest BCUT2D eigenvalue weighted by atomic mass is 9.95. The van der Waals surface area contributed by atoms with Crippen molar-refractivity contribution in [2.75, 3.05) is 0 Å². The van der Waals surface area contributed by atoms with Crippen LogP contribution in [-0.4, -0.2) is 22.3 Å². The number of nitrogens with zero attached hydrogens (tertiary/aromatic N) is 1. The van der Waals surface area contributed by atoms with E-state index in [0.717, 1.165) is 19.3 Å². The van der Waals surface area contributed by atoms with Crippen LogP contribution < -0.4 is 0 Å². The summed E-state index contributed by atoms with van der Waals surface area (Å²) in [6.07, 6.45) is 3.43. The van der Waals surface area contributed by atoms with Gasteiger partial charge in [0, 0.05) is 17.9 Å². The van der Waals surface area contributed by atoms with Crippen LogP contribution in [0, 0.1) is 5.92 Å². The van der Waals surface area contributed by atoms with Crippen LogP contribution in [0.15, 0.2) is 0 Å². The van der Waals surface area contributed by atoms with Crippen molar-refractivity contribution in [1.29, 1.82) is 0 Å². The number of amides is 2. The highest BCUT2D eigenvalue weighted by Crippen LogP contribution is 2.30. The van der Waals surface area contributed by atoms with Crippen LogP contribution >= 0.6 is 0 Å². The predicted octanol–water partition coefficient (Wildman–Crippen LogP) is 2.35. The molecule has 3 heteroatoms. The Morgan fingerprint density at radius 2 is 2.00 bits per heavy atom. The van der Waals surface area contributed by atoms with Crippen LogP contribution in [0.2, 0.25) is 0 Å². The van der Waals surface area contributed by atoms with Gasteiger partial charge in [0.25, 0.3) is 0 Å². The molecule has 0 radical (unpaired) electrons. The first kappa shape index (κ1) is 12.2. The zero-order valence-electron chi connectivity index (χ0n) is 10.2. The van der Waals surface area contributed by atoms with Crippen LogP contribution in [-0.2, 0) is 9.59 Å². The van der Waals surface area contributed by atoms with Crippen molar-refractivity contribution in [3.8, 4) is 0 Å². The summed E-state index contributed by atoms with van der Waals surface area (Å²) in [6, 6.07) is 0. The molecule has 0 aromatic heterocycles. The maximum Gasteiger partial charge on any atom is 0.233 e. The van der Waals surface area contributed by atoms with E-state index in [0.29, 0.717) is 6.42 Å². The minimum Gasteiger partial charge on any atom is -0.277 e. The molecule has 1 rings (SSSR count). The molecule has 0 aromatic rings. The van der Waals surface area contributed by atoms with E-state index in [4.69, 9.17) is 0 Å². The molecule has 1 aliphatic rings. The smallest absolute Gasteiger partial charge is 0.233 e. The van der Waals surface area contributed by atoms with Crippen molar-refractivity contribution in [3.05, 3.63) is 0 Å². The lowest BCUT2D eigenvalue weighted by molar-refractivity contribution is -0.145. The summed E-state index contributed by atoms with van der Waals surface area (Å²) >= 11 is 0.